The zero-order valence-corrected chi connectivity index (χ0v) is 11.0. The third-order valence-electron chi connectivity index (χ3n) is 2.29. The van der Waals surface area contributed by atoms with Gasteiger partial charge >= 0.3 is 5.97 Å². The second-order valence-electron chi connectivity index (χ2n) is 3.77. The normalized spacial score (nSPS) is 12.1. The van der Waals surface area contributed by atoms with Crippen LogP contribution in [0, 0.1) is 0 Å². The average Bonchev–Trinajstić information content (AvgIpc) is 2.30. The number of rotatable bonds is 7. The van der Waals surface area contributed by atoms with Crippen molar-refractivity contribution in [3.05, 3.63) is 24.0 Å². The average molecular weight is 254 g/mol. The lowest BCUT2D eigenvalue weighted by Crippen LogP contribution is -2.16. The molecule has 1 aromatic heterocycles. The van der Waals surface area contributed by atoms with Crippen LogP contribution in [-0.4, -0.2) is 33.6 Å². The summed E-state index contributed by atoms with van der Waals surface area (Å²) in [5.74, 6) is 1.27. The molecule has 2 N–H and O–H groups in total. The first kappa shape index (κ1) is 13.8. The smallest absolute Gasteiger partial charge is 0.354 e. The van der Waals surface area contributed by atoms with Gasteiger partial charge in [0.05, 0.1) is 11.9 Å². The quantitative estimate of drug-likeness (QED) is 0.733. The Balaban J connectivity index is 2.43. The third-order valence-corrected chi connectivity index (χ3v) is 3.23. The largest absolute Gasteiger partial charge is 0.477 e. The maximum Gasteiger partial charge on any atom is 0.354 e. The highest BCUT2D eigenvalue weighted by atomic mass is 32.2. The van der Waals surface area contributed by atoms with E-state index in [1.165, 1.54) is 6.07 Å². The molecule has 0 amide bonds. The molecule has 0 fully saturated rings. The number of aromatic nitrogens is 1. The van der Waals surface area contributed by atoms with E-state index in [-0.39, 0.29) is 5.69 Å². The van der Waals surface area contributed by atoms with E-state index in [2.05, 4.69) is 24.1 Å². The number of carbonyl (C=O) groups is 1. The van der Waals surface area contributed by atoms with Gasteiger partial charge in [-0.05, 0) is 37.0 Å². The van der Waals surface area contributed by atoms with Crippen LogP contribution in [0.15, 0.2) is 18.3 Å². The summed E-state index contributed by atoms with van der Waals surface area (Å²) in [6, 6.07) is 3.63. The Hall–Kier alpha value is -1.23. The van der Waals surface area contributed by atoms with Crippen molar-refractivity contribution in [2.75, 3.05) is 16.8 Å². The summed E-state index contributed by atoms with van der Waals surface area (Å²) in [7, 11) is 0. The molecule has 1 rings (SSSR count). The van der Waals surface area contributed by atoms with Crippen LogP contribution in [0.2, 0.25) is 0 Å². The molecule has 0 spiro atoms. The van der Waals surface area contributed by atoms with E-state index in [1.807, 2.05) is 11.8 Å². The van der Waals surface area contributed by atoms with E-state index in [4.69, 9.17) is 5.11 Å². The first-order valence-electron chi connectivity index (χ1n) is 5.67. The molecule has 0 aromatic carbocycles. The molecule has 1 unspecified atom stereocenters. The third kappa shape index (κ3) is 5.08. The fourth-order valence-electron chi connectivity index (χ4n) is 1.37. The van der Waals surface area contributed by atoms with E-state index < -0.39 is 5.97 Å². The van der Waals surface area contributed by atoms with E-state index in [9.17, 15) is 4.79 Å². The maximum absolute atomic E-state index is 10.6. The van der Waals surface area contributed by atoms with Crippen LogP contribution < -0.4 is 5.32 Å². The zero-order valence-electron chi connectivity index (χ0n) is 10.1. The van der Waals surface area contributed by atoms with E-state index in [0.717, 1.165) is 23.6 Å². The van der Waals surface area contributed by atoms with Crippen LogP contribution in [-0.2, 0) is 0 Å². The molecule has 94 valence electrons. The molecule has 1 heterocycles. The predicted octanol–water partition coefficient (Wildman–Crippen LogP) is 2.72. The Labute approximate surface area is 106 Å². The molecule has 0 saturated carbocycles. The number of pyridine rings is 1. The highest BCUT2D eigenvalue weighted by Crippen LogP contribution is 2.11. The van der Waals surface area contributed by atoms with Gasteiger partial charge in [0, 0.05) is 6.04 Å². The van der Waals surface area contributed by atoms with Crippen LogP contribution in [0.4, 0.5) is 5.69 Å². The minimum absolute atomic E-state index is 0.0738. The summed E-state index contributed by atoms with van der Waals surface area (Å²) in [4.78, 5) is 14.5. The molecule has 0 bridgehead atoms. The van der Waals surface area contributed by atoms with Gasteiger partial charge in [-0.25, -0.2) is 9.78 Å². The number of hydrogen-bond donors (Lipinski definition) is 2. The lowest BCUT2D eigenvalue weighted by Gasteiger charge is -2.14. The van der Waals surface area contributed by atoms with Crippen molar-refractivity contribution in [1.29, 1.82) is 0 Å². The molecule has 0 aliphatic rings. The lowest BCUT2D eigenvalue weighted by atomic mass is 10.2. The summed E-state index contributed by atoms with van der Waals surface area (Å²) in [5, 5.41) is 12.0. The molecule has 0 aliphatic carbocycles. The molecule has 1 aromatic rings. The van der Waals surface area contributed by atoms with E-state index in [1.54, 1.807) is 12.3 Å². The maximum atomic E-state index is 10.6. The minimum atomic E-state index is -0.996. The van der Waals surface area contributed by atoms with Crippen molar-refractivity contribution in [2.45, 2.75) is 26.3 Å². The number of aromatic carboxylic acids is 1. The van der Waals surface area contributed by atoms with Crippen molar-refractivity contribution in [3.63, 3.8) is 0 Å². The molecule has 1 atom stereocenters. The number of anilines is 1. The Morgan fingerprint density at radius 3 is 2.88 bits per heavy atom. The van der Waals surface area contributed by atoms with Gasteiger partial charge in [-0.1, -0.05) is 6.92 Å². The predicted molar refractivity (Wildman–Crippen MR) is 71.9 cm³/mol. The molecule has 0 saturated heterocycles. The van der Waals surface area contributed by atoms with Gasteiger partial charge in [-0.3, -0.25) is 0 Å². The topological polar surface area (TPSA) is 62.2 Å². The molecule has 17 heavy (non-hydrogen) atoms. The van der Waals surface area contributed by atoms with Crippen LogP contribution in [0.3, 0.4) is 0 Å². The lowest BCUT2D eigenvalue weighted by molar-refractivity contribution is 0.0690. The highest BCUT2D eigenvalue weighted by molar-refractivity contribution is 7.99. The molecule has 0 radical (unpaired) electrons. The van der Waals surface area contributed by atoms with E-state index >= 15 is 0 Å². The van der Waals surface area contributed by atoms with Crippen LogP contribution in [0.5, 0.6) is 0 Å². The van der Waals surface area contributed by atoms with Gasteiger partial charge < -0.3 is 10.4 Å². The summed E-state index contributed by atoms with van der Waals surface area (Å²) in [6.07, 6.45) is 2.64. The number of nitrogens with zero attached hydrogens (tertiary/aromatic N) is 1. The highest BCUT2D eigenvalue weighted by Gasteiger charge is 2.05. The SMILES string of the molecule is CCSCCC(C)Nc1ccc(C(=O)O)nc1. The minimum Gasteiger partial charge on any atom is -0.477 e. The summed E-state index contributed by atoms with van der Waals surface area (Å²) in [5.41, 5.74) is 0.939. The molecule has 4 nitrogen and oxygen atoms in total. The van der Waals surface area contributed by atoms with Gasteiger partial charge in [-0.15, -0.1) is 0 Å². The van der Waals surface area contributed by atoms with Gasteiger partial charge in [0.15, 0.2) is 0 Å². The summed E-state index contributed by atoms with van der Waals surface area (Å²) in [6.45, 7) is 4.26. The molecule has 0 aliphatic heterocycles. The Kier molecular flexibility index (Phi) is 5.83. The zero-order chi connectivity index (χ0) is 12.7. The Bertz CT molecular complexity index is 354. The van der Waals surface area contributed by atoms with Crippen molar-refractivity contribution in [1.82, 2.24) is 4.98 Å². The monoisotopic (exact) mass is 254 g/mol. The van der Waals surface area contributed by atoms with Crippen molar-refractivity contribution >= 4 is 23.4 Å². The van der Waals surface area contributed by atoms with Gasteiger partial charge in [0.2, 0.25) is 0 Å². The van der Waals surface area contributed by atoms with E-state index in [0.29, 0.717) is 6.04 Å². The first-order valence-corrected chi connectivity index (χ1v) is 6.82. The first-order chi connectivity index (χ1) is 8.13. The van der Waals surface area contributed by atoms with Gasteiger partial charge in [-0.2, -0.15) is 11.8 Å². The Morgan fingerprint density at radius 1 is 1.59 bits per heavy atom. The van der Waals surface area contributed by atoms with Crippen molar-refractivity contribution in [3.8, 4) is 0 Å². The fraction of sp³-hybridized carbons (Fsp3) is 0.500. The fourth-order valence-corrected chi connectivity index (χ4v) is 2.18. The van der Waals surface area contributed by atoms with Crippen molar-refractivity contribution < 1.29 is 9.90 Å². The van der Waals surface area contributed by atoms with Gasteiger partial charge in [0.25, 0.3) is 0 Å². The number of nitrogens with one attached hydrogen (secondary N) is 1. The van der Waals surface area contributed by atoms with Crippen molar-refractivity contribution in [2.24, 2.45) is 0 Å². The van der Waals surface area contributed by atoms with Crippen LogP contribution in [0.25, 0.3) is 0 Å². The van der Waals surface area contributed by atoms with Crippen LogP contribution >= 0.6 is 11.8 Å². The standard InChI is InChI=1S/C12H18N2O2S/c1-3-17-7-6-9(2)14-10-4-5-11(12(15)16)13-8-10/h4-5,8-9,14H,3,6-7H2,1-2H3,(H,15,16). The number of thioether (sulfide) groups is 1. The molecule has 5 heteroatoms. The Morgan fingerprint density at radius 2 is 2.35 bits per heavy atom. The number of hydrogen-bond acceptors (Lipinski definition) is 4. The second kappa shape index (κ2) is 7.17. The molecular formula is C12H18N2O2S. The number of carboxylic acids is 1. The molecular weight excluding hydrogens is 236 g/mol. The van der Waals surface area contributed by atoms with Gasteiger partial charge in [0.1, 0.15) is 5.69 Å². The summed E-state index contributed by atoms with van der Waals surface area (Å²) < 4.78 is 0. The second-order valence-corrected chi connectivity index (χ2v) is 5.16. The number of carboxylic acid groups (broad SMARTS) is 1. The summed E-state index contributed by atoms with van der Waals surface area (Å²) >= 11 is 1.92. The van der Waals surface area contributed by atoms with Crippen LogP contribution in [0.1, 0.15) is 30.8 Å².